The van der Waals surface area contributed by atoms with Gasteiger partial charge in [-0.15, -0.1) is 11.3 Å². The van der Waals surface area contributed by atoms with E-state index < -0.39 is 6.10 Å². The van der Waals surface area contributed by atoms with Crippen molar-refractivity contribution in [3.63, 3.8) is 0 Å². The summed E-state index contributed by atoms with van der Waals surface area (Å²) in [4.78, 5) is 6.64. The summed E-state index contributed by atoms with van der Waals surface area (Å²) in [6, 6.07) is 10.4. The predicted octanol–water partition coefficient (Wildman–Crippen LogP) is 4.07. The average Bonchev–Trinajstić information content (AvgIpc) is 3.01. The molecule has 4 heteroatoms. The highest BCUT2D eigenvalue weighted by Gasteiger charge is 2.16. The van der Waals surface area contributed by atoms with Crippen LogP contribution in [0.2, 0.25) is 0 Å². The van der Waals surface area contributed by atoms with Gasteiger partial charge in [0.05, 0.1) is 18.0 Å². The number of hydrogen-bond acceptors (Lipinski definition) is 3. The van der Waals surface area contributed by atoms with Gasteiger partial charge < -0.3 is 5.11 Å². The molecule has 0 amide bonds. The monoisotopic (exact) mass is 300 g/mol. The van der Waals surface area contributed by atoms with Crippen LogP contribution in [-0.2, 0) is 6.42 Å². The van der Waals surface area contributed by atoms with Gasteiger partial charge in [-0.2, -0.15) is 0 Å². The van der Waals surface area contributed by atoms with Crippen molar-refractivity contribution in [1.82, 2.24) is 9.38 Å². The number of aliphatic hydroxyl groups is 1. The van der Waals surface area contributed by atoms with E-state index in [-0.39, 0.29) is 0 Å². The summed E-state index contributed by atoms with van der Waals surface area (Å²) in [7, 11) is 0. The summed E-state index contributed by atoms with van der Waals surface area (Å²) in [5.74, 6) is 0. The lowest BCUT2D eigenvalue weighted by atomic mass is 10.0. The molecule has 2 heterocycles. The van der Waals surface area contributed by atoms with Crippen LogP contribution < -0.4 is 0 Å². The molecule has 110 valence electrons. The Kier molecular flexibility index (Phi) is 4.08. The molecule has 0 radical (unpaired) electrons. The van der Waals surface area contributed by atoms with Gasteiger partial charge in [-0.1, -0.05) is 30.3 Å². The summed E-state index contributed by atoms with van der Waals surface area (Å²) < 4.78 is 2.09. The third-order valence-corrected chi connectivity index (χ3v) is 5.05. The maximum Gasteiger partial charge on any atom is 0.194 e. The van der Waals surface area contributed by atoms with E-state index in [1.165, 1.54) is 16.1 Å². The van der Waals surface area contributed by atoms with Gasteiger partial charge in [-0.3, -0.25) is 4.40 Å². The molecule has 2 aromatic heterocycles. The highest BCUT2D eigenvalue weighted by Crippen LogP contribution is 2.27. The second kappa shape index (κ2) is 6.00. The molecule has 0 aliphatic carbocycles. The molecule has 0 spiro atoms. The SMILES string of the molecule is Cc1sc2ncc(C(O)CCCc3ccccc3)n2c1C. The lowest BCUT2D eigenvalue weighted by Crippen LogP contribution is -2.03. The molecule has 0 saturated heterocycles. The maximum atomic E-state index is 10.5. The van der Waals surface area contributed by atoms with Gasteiger partial charge in [0, 0.05) is 10.6 Å². The molecule has 21 heavy (non-hydrogen) atoms. The lowest BCUT2D eigenvalue weighted by Gasteiger charge is -2.10. The Hall–Kier alpha value is -1.65. The summed E-state index contributed by atoms with van der Waals surface area (Å²) >= 11 is 1.68. The molecule has 0 aliphatic rings. The molecule has 1 aromatic carbocycles. The largest absolute Gasteiger partial charge is 0.387 e. The Morgan fingerprint density at radius 1 is 1.24 bits per heavy atom. The summed E-state index contributed by atoms with van der Waals surface area (Å²) in [5.41, 5.74) is 3.43. The van der Waals surface area contributed by atoms with Gasteiger partial charge in [-0.25, -0.2) is 4.98 Å². The quantitative estimate of drug-likeness (QED) is 0.771. The molecular formula is C17H20N2OS. The first-order valence-electron chi connectivity index (χ1n) is 7.32. The number of nitrogens with zero attached hydrogens (tertiary/aromatic N) is 2. The summed E-state index contributed by atoms with van der Waals surface area (Å²) in [6.45, 7) is 4.18. The van der Waals surface area contributed by atoms with Crippen LogP contribution in [0, 0.1) is 13.8 Å². The Morgan fingerprint density at radius 3 is 2.76 bits per heavy atom. The standard InChI is InChI=1S/C17H20N2OS/c1-12-13(2)21-17-18-11-15(19(12)17)16(20)10-6-9-14-7-4-3-5-8-14/h3-5,7-8,11,16,20H,6,9-10H2,1-2H3. The molecule has 1 unspecified atom stereocenters. The second-order valence-corrected chi connectivity index (χ2v) is 6.62. The van der Waals surface area contributed by atoms with E-state index in [0.717, 1.165) is 29.9 Å². The second-order valence-electron chi connectivity index (χ2n) is 5.44. The molecule has 3 rings (SSSR count). The van der Waals surface area contributed by atoms with Crippen LogP contribution in [0.4, 0.5) is 0 Å². The van der Waals surface area contributed by atoms with E-state index in [1.807, 2.05) is 12.3 Å². The fourth-order valence-electron chi connectivity index (χ4n) is 2.65. The fourth-order valence-corrected chi connectivity index (χ4v) is 3.60. The van der Waals surface area contributed by atoms with Crippen LogP contribution >= 0.6 is 11.3 Å². The van der Waals surface area contributed by atoms with Crippen LogP contribution in [0.5, 0.6) is 0 Å². The minimum atomic E-state index is -0.448. The van der Waals surface area contributed by atoms with Crippen LogP contribution in [0.25, 0.3) is 4.96 Å². The van der Waals surface area contributed by atoms with Crippen molar-refractivity contribution in [2.24, 2.45) is 0 Å². The summed E-state index contributed by atoms with van der Waals surface area (Å²) in [6.07, 6.45) is 4.10. The first-order valence-corrected chi connectivity index (χ1v) is 8.14. The zero-order valence-electron chi connectivity index (χ0n) is 12.4. The molecule has 0 bridgehead atoms. The van der Waals surface area contributed by atoms with Crippen molar-refractivity contribution >= 4 is 16.3 Å². The van der Waals surface area contributed by atoms with E-state index in [2.05, 4.69) is 47.5 Å². The Balaban J connectivity index is 1.68. The number of thiazole rings is 1. The minimum absolute atomic E-state index is 0.448. The van der Waals surface area contributed by atoms with Gasteiger partial charge in [0.1, 0.15) is 0 Å². The van der Waals surface area contributed by atoms with Crippen LogP contribution in [0.15, 0.2) is 36.5 Å². The number of rotatable bonds is 5. The smallest absolute Gasteiger partial charge is 0.194 e. The number of aromatic nitrogens is 2. The zero-order chi connectivity index (χ0) is 14.8. The molecule has 0 fully saturated rings. The van der Waals surface area contributed by atoms with E-state index >= 15 is 0 Å². The topological polar surface area (TPSA) is 37.5 Å². The van der Waals surface area contributed by atoms with Gasteiger partial charge in [0.15, 0.2) is 4.96 Å². The Morgan fingerprint density at radius 2 is 2.00 bits per heavy atom. The van der Waals surface area contributed by atoms with Crippen molar-refractivity contribution < 1.29 is 5.11 Å². The lowest BCUT2D eigenvalue weighted by molar-refractivity contribution is 0.159. The average molecular weight is 300 g/mol. The van der Waals surface area contributed by atoms with Crippen LogP contribution in [-0.4, -0.2) is 14.5 Å². The highest BCUT2D eigenvalue weighted by atomic mass is 32.1. The molecule has 0 aliphatic heterocycles. The number of fused-ring (bicyclic) bond motifs is 1. The number of aliphatic hydroxyl groups excluding tert-OH is 1. The molecule has 1 N–H and O–H groups in total. The molecule has 3 aromatic rings. The Labute approximate surface area is 128 Å². The normalized spacial score (nSPS) is 12.9. The van der Waals surface area contributed by atoms with Gasteiger partial charge >= 0.3 is 0 Å². The van der Waals surface area contributed by atoms with Crippen molar-refractivity contribution in [2.45, 2.75) is 39.2 Å². The van der Waals surface area contributed by atoms with Crippen molar-refractivity contribution in [3.8, 4) is 0 Å². The van der Waals surface area contributed by atoms with Crippen molar-refractivity contribution in [1.29, 1.82) is 0 Å². The van der Waals surface area contributed by atoms with E-state index in [0.29, 0.717) is 0 Å². The molecule has 3 nitrogen and oxygen atoms in total. The third-order valence-electron chi connectivity index (χ3n) is 3.97. The maximum absolute atomic E-state index is 10.5. The van der Waals surface area contributed by atoms with E-state index in [1.54, 1.807) is 11.3 Å². The van der Waals surface area contributed by atoms with Crippen molar-refractivity contribution in [2.75, 3.05) is 0 Å². The van der Waals surface area contributed by atoms with Gasteiger partial charge in [0.25, 0.3) is 0 Å². The van der Waals surface area contributed by atoms with Crippen LogP contribution in [0.3, 0.4) is 0 Å². The fraction of sp³-hybridized carbons (Fsp3) is 0.353. The number of benzene rings is 1. The predicted molar refractivity (Wildman–Crippen MR) is 86.9 cm³/mol. The molecule has 0 saturated carbocycles. The number of imidazole rings is 1. The number of aryl methyl sites for hydroxylation is 3. The molecule has 1 atom stereocenters. The zero-order valence-corrected chi connectivity index (χ0v) is 13.2. The van der Waals surface area contributed by atoms with E-state index in [4.69, 9.17) is 0 Å². The minimum Gasteiger partial charge on any atom is -0.387 e. The summed E-state index contributed by atoms with van der Waals surface area (Å²) in [5, 5.41) is 10.5. The molecular weight excluding hydrogens is 280 g/mol. The number of hydrogen-bond donors (Lipinski definition) is 1. The van der Waals surface area contributed by atoms with E-state index in [9.17, 15) is 5.11 Å². The van der Waals surface area contributed by atoms with Gasteiger partial charge in [-0.05, 0) is 38.7 Å². The Bertz CT molecular complexity index is 730. The van der Waals surface area contributed by atoms with Crippen LogP contribution in [0.1, 0.15) is 40.8 Å². The highest BCUT2D eigenvalue weighted by molar-refractivity contribution is 7.17. The van der Waals surface area contributed by atoms with Crippen molar-refractivity contribution in [3.05, 3.63) is 58.4 Å². The van der Waals surface area contributed by atoms with Gasteiger partial charge in [0.2, 0.25) is 0 Å². The first-order chi connectivity index (χ1) is 10.2. The third kappa shape index (κ3) is 2.87. The first kappa shape index (κ1) is 14.3.